The molecule has 3 rings (SSSR count). The fourth-order valence-electron chi connectivity index (χ4n) is 4.26. The number of carbonyl (C=O) groups excluding carboxylic acids is 2. The van der Waals surface area contributed by atoms with Crippen LogP contribution in [-0.2, 0) is 22.6 Å². The van der Waals surface area contributed by atoms with Crippen molar-refractivity contribution in [2.45, 2.75) is 77.9 Å². The molecule has 1 N–H and O–H groups in total. The maximum atomic E-state index is 13.4. The number of benzene rings is 2. The van der Waals surface area contributed by atoms with E-state index in [1.165, 1.54) is 11.1 Å². The molecule has 31 heavy (non-hydrogen) atoms. The van der Waals surface area contributed by atoms with Crippen LogP contribution in [0.5, 0.6) is 0 Å². The molecule has 4 nitrogen and oxygen atoms in total. The standard InChI is InChI=1S/C26H33ClN2O2/c1-4-24(26(31)28-23-7-5-6-8-23)29(17-20-11-13-22(27)14-12-20)25(30)16-21-10-9-18(2)19(3)15-21/h9-15,23-24H,4-8,16-17H2,1-3H3,(H,28,31). The Bertz CT molecular complexity index is 904. The van der Waals surface area contributed by atoms with Crippen LogP contribution in [0, 0.1) is 13.8 Å². The highest BCUT2D eigenvalue weighted by molar-refractivity contribution is 6.30. The van der Waals surface area contributed by atoms with Crippen LogP contribution in [0.25, 0.3) is 0 Å². The number of hydrogen-bond acceptors (Lipinski definition) is 2. The third kappa shape index (κ3) is 6.33. The molecule has 2 aromatic carbocycles. The first kappa shape index (κ1) is 23.3. The summed E-state index contributed by atoms with van der Waals surface area (Å²) >= 11 is 6.04. The molecule has 166 valence electrons. The molecule has 1 aliphatic rings. The van der Waals surface area contributed by atoms with Gasteiger partial charge in [-0.1, -0.05) is 61.7 Å². The fraction of sp³-hybridized carbons (Fsp3) is 0.462. The van der Waals surface area contributed by atoms with Crippen molar-refractivity contribution in [1.82, 2.24) is 10.2 Å². The van der Waals surface area contributed by atoms with E-state index in [1.54, 1.807) is 4.90 Å². The molecule has 1 unspecified atom stereocenters. The quantitative estimate of drug-likeness (QED) is 0.600. The highest BCUT2D eigenvalue weighted by Gasteiger charge is 2.30. The Hall–Kier alpha value is -2.33. The van der Waals surface area contributed by atoms with Crippen molar-refractivity contribution in [1.29, 1.82) is 0 Å². The number of aryl methyl sites for hydroxylation is 2. The molecular formula is C26H33ClN2O2. The lowest BCUT2D eigenvalue weighted by molar-refractivity contribution is -0.141. The maximum absolute atomic E-state index is 13.4. The van der Waals surface area contributed by atoms with Gasteiger partial charge >= 0.3 is 0 Å². The second kappa shape index (κ2) is 10.8. The summed E-state index contributed by atoms with van der Waals surface area (Å²) in [5.74, 6) is -0.0802. The molecular weight excluding hydrogens is 408 g/mol. The zero-order valence-electron chi connectivity index (χ0n) is 18.8. The third-order valence-electron chi connectivity index (χ3n) is 6.28. The largest absolute Gasteiger partial charge is 0.352 e. The Labute approximate surface area is 191 Å². The average molecular weight is 441 g/mol. The highest BCUT2D eigenvalue weighted by atomic mass is 35.5. The minimum Gasteiger partial charge on any atom is -0.352 e. The topological polar surface area (TPSA) is 49.4 Å². The molecule has 0 aromatic heterocycles. The van der Waals surface area contributed by atoms with Crippen LogP contribution >= 0.6 is 11.6 Å². The summed E-state index contributed by atoms with van der Waals surface area (Å²) in [4.78, 5) is 28.3. The van der Waals surface area contributed by atoms with Crippen molar-refractivity contribution in [2.75, 3.05) is 0 Å². The van der Waals surface area contributed by atoms with Gasteiger partial charge in [0.1, 0.15) is 6.04 Å². The first-order valence-electron chi connectivity index (χ1n) is 11.3. The minimum absolute atomic E-state index is 0.0355. The van der Waals surface area contributed by atoms with E-state index in [0.29, 0.717) is 18.0 Å². The van der Waals surface area contributed by atoms with E-state index in [0.717, 1.165) is 36.8 Å². The van der Waals surface area contributed by atoms with Gasteiger partial charge in [0.05, 0.1) is 6.42 Å². The van der Waals surface area contributed by atoms with E-state index >= 15 is 0 Å². The van der Waals surface area contributed by atoms with Crippen molar-refractivity contribution in [3.63, 3.8) is 0 Å². The SMILES string of the molecule is CCC(C(=O)NC1CCCC1)N(Cc1ccc(Cl)cc1)C(=O)Cc1ccc(C)c(C)c1. The molecule has 1 atom stereocenters. The van der Waals surface area contributed by atoms with Crippen molar-refractivity contribution in [3.05, 3.63) is 69.7 Å². The summed E-state index contributed by atoms with van der Waals surface area (Å²) in [6.07, 6.45) is 5.21. The number of halogens is 1. The zero-order chi connectivity index (χ0) is 22.4. The molecule has 1 fully saturated rings. The first-order valence-corrected chi connectivity index (χ1v) is 11.7. The molecule has 1 saturated carbocycles. The number of amides is 2. The molecule has 2 amide bonds. The second-order valence-electron chi connectivity index (χ2n) is 8.66. The van der Waals surface area contributed by atoms with E-state index < -0.39 is 6.04 Å². The summed E-state index contributed by atoms with van der Waals surface area (Å²) in [7, 11) is 0. The van der Waals surface area contributed by atoms with E-state index in [9.17, 15) is 9.59 Å². The average Bonchev–Trinajstić information content (AvgIpc) is 3.25. The monoisotopic (exact) mass is 440 g/mol. The number of nitrogens with one attached hydrogen (secondary N) is 1. The maximum Gasteiger partial charge on any atom is 0.243 e. The van der Waals surface area contributed by atoms with E-state index in [4.69, 9.17) is 11.6 Å². The van der Waals surface area contributed by atoms with Crippen molar-refractivity contribution in [2.24, 2.45) is 0 Å². The number of hydrogen-bond donors (Lipinski definition) is 1. The molecule has 0 spiro atoms. The number of rotatable bonds is 8. The van der Waals surface area contributed by atoms with E-state index in [1.807, 2.05) is 43.3 Å². The van der Waals surface area contributed by atoms with Crippen LogP contribution in [0.15, 0.2) is 42.5 Å². The Morgan fingerprint density at radius 3 is 2.29 bits per heavy atom. The van der Waals surface area contributed by atoms with Gasteiger partial charge in [-0.2, -0.15) is 0 Å². The summed E-state index contributed by atoms with van der Waals surface area (Å²) < 4.78 is 0. The summed E-state index contributed by atoms with van der Waals surface area (Å²) in [6, 6.07) is 13.3. The molecule has 0 aliphatic heterocycles. The van der Waals surface area contributed by atoms with Crippen LogP contribution in [0.3, 0.4) is 0 Å². The minimum atomic E-state index is -0.490. The van der Waals surface area contributed by atoms with Gasteiger partial charge in [-0.3, -0.25) is 9.59 Å². The van der Waals surface area contributed by atoms with Gasteiger partial charge in [-0.05, 0) is 67.5 Å². The molecule has 0 heterocycles. The zero-order valence-corrected chi connectivity index (χ0v) is 19.5. The van der Waals surface area contributed by atoms with Gasteiger partial charge in [0.15, 0.2) is 0 Å². The van der Waals surface area contributed by atoms with Crippen molar-refractivity contribution < 1.29 is 9.59 Å². The van der Waals surface area contributed by atoms with Gasteiger partial charge < -0.3 is 10.2 Å². The van der Waals surface area contributed by atoms with E-state index in [2.05, 4.69) is 25.2 Å². The highest BCUT2D eigenvalue weighted by Crippen LogP contribution is 2.21. The molecule has 0 saturated heterocycles. The van der Waals surface area contributed by atoms with Gasteiger partial charge in [-0.15, -0.1) is 0 Å². The van der Waals surface area contributed by atoms with Crippen LogP contribution in [0.2, 0.25) is 5.02 Å². The third-order valence-corrected chi connectivity index (χ3v) is 6.53. The van der Waals surface area contributed by atoms with Crippen molar-refractivity contribution in [3.8, 4) is 0 Å². The van der Waals surface area contributed by atoms with E-state index in [-0.39, 0.29) is 24.3 Å². The Kier molecular flexibility index (Phi) is 8.14. The fourth-order valence-corrected chi connectivity index (χ4v) is 4.39. The summed E-state index contributed by atoms with van der Waals surface area (Å²) in [6.45, 7) is 6.47. The predicted octanol–water partition coefficient (Wildman–Crippen LogP) is 5.37. The Morgan fingerprint density at radius 2 is 1.68 bits per heavy atom. The van der Waals surface area contributed by atoms with Gasteiger partial charge in [0, 0.05) is 17.6 Å². The van der Waals surface area contributed by atoms with Gasteiger partial charge in [-0.25, -0.2) is 0 Å². The Morgan fingerprint density at radius 1 is 1.03 bits per heavy atom. The molecule has 2 aromatic rings. The van der Waals surface area contributed by atoms with Crippen LogP contribution in [0.4, 0.5) is 0 Å². The molecule has 1 aliphatic carbocycles. The number of nitrogens with zero attached hydrogens (tertiary/aromatic N) is 1. The lowest BCUT2D eigenvalue weighted by atomic mass is 10.0. The molecule has 0 bridgehead atoms. The summed E-state index contributed by atoms with van der Waals surface area (Å²) in [5, 5.41) is 3.84. The molecule has 0 radical (unpaired) electrons. The lowest BCUT2D eigenvalue weighted by Crippen LogP contribution is -2.51. The van der Waals surface area contributed by atoms with Crippen LogP contribution in [-0.4, -0.2) is 28.8 Å². The van der Waals surface area contributed by atoms with Crippen LogP contribution in [0.1, 0.15) is 61.3 Å². The smallest absolute Gasteiger partial charge is 0.243 e. The van der Waals surface area contributed by atoms with Crippen LogP contribution < -0.4 is 5.32 Å². The Balaban J connectivity index is 1.82. The predicted molar refractivity (Wildman–Crippen MR) is 126 cm³/mol. The van der Waals surface area contributed by atoms with Gasteiger partial charge in [0.2, 0.25) is 11.8 Å². The molecule has 5 heteroatoms. The summed E-state index contributed by atoms with van der Waals surface area (Å²) in [5.41, 5.74) is 4.31. The number of carbonyl (C=O) groups is 2. The van der Waals surface area contributed by atoms with Gasteiger partial charge in [0.25, 0.3) is 0 Å². The van der Waals surface area contributed by atoms with Crippen molar-refractivity contribution >= 4 is 23.4 Å². The second-order valence-corrected chi connectivity index (χ2v) is 9.09. The first-order chi connectivity index (χ1) is 14.9. The normalized spacial score (nSPS) is 15.0. The lowest BCUT2D eigenvalue weighted by Gasteiger charge is -2.31.